The van der Waals surface area contributed by atoms with Crippen molar-refractivity contribution in [3.05, 3.63) is 23.3 Å². The van der Waals surface area contributed by atoms with Crippen LogP contribution in [-0.2, 0) is 12.8 Å². The minimum atomic E-state index is 0. The number of rotatable bonds is 4. The molecule has 0 aromatic rings. The molecule has 2 rings (SSSR count). The van der Waals surface area contributed by atoms with Crippen molar-refractivity contribution in [1.29, 1.82) is 0 Å². The van der Waals surface area contributed by atoms with Crippen LogP contribution in [0.5, 0.6) is 0 Å². The summed E-state index contributed by atoms with van der Waals surface area (Å²) >= 11 is 0. The Balaban J connectivity index is 0.000000845. The minimum Gasteiger partial charge on any atom is -0.344 e. The second-order valence-corrected chi connectivity index (χ2v) is 3.66. The summed E-state index contributed by atoms with van der Waals surface area (Å²) in [5.74, 6) is 0. The fourth-order valence-corrected chi connectivity index (χ4v) is 1.99. The third-order valence-electron chi connectivity index (χ3n) is 2.59. The van der Waals surface area contributed by atoms with Gasteiger partial charge in [0, 0.05) is 0 Å². The quantitative estimate of drug-likeness (QED) is 0.758. The Morgan fingerprint density at radius 2 is 1.69 bits per heavy atom. The molecule has 2 aliphatic rings. The highest BCUT2D eigenvalue weighted by molar-refractivity contribution is 5.86. The van der Waals surface area contributed by atoms with Crippen LogP contribution in [-0.4, -0.2) is 0 Å². The Hall–Kier alpha value is -0.820. The molecular weight excluding hydrogens is 158 g/mol. The summed E-state index contributed by atoms with van der Waals surface area (Å²) in [6.07, 6.45) is 5.11. The molecular formula is C12H19N. The van der Waals surface area contributed by atoms with E-state index in [-0.39, 0.29) is 6.15 Å². The van der Waals surface area contributed by atoms with Gasteiger partial charge in [0.25, 0.3) is 0 Å². The van der Waals surface area contributed by atoms with Gasteiger partial charge in [0.05, 0.1) is 0 Å². The predicted molar refractivity (Wildman–Crippen MR) is 58.4 cm³/mol. The Morgan fingerprint density at radius 3 is 2.31 bits per heavy atom. The third kappa shape index (κ3) is 1.75. The molecule has 0 aliphatic heterocycles. The molecule has 0 saturated heterocycles. The SMILES string of the molecule is CCCc1cc2cc-2c1CCC.N. The van der Waals surface area contributed by atoms with Crippen molar-refractivity contribution in [2.75, 3.05) is 0 Å². The molecule has 0 spiro atoms. The molecule has 0 radical (unpaired) electrons. The summed E-state index contributed by atoms with van der Waals surface area (Å²) in [6, 6.07) is 4.69. The Labute approximate surface area is 80.8 Å². The smallest absolute Gasteiger partial charge is 0.0143 e. The number of aryl methyl sites for hydroxylation is 1. The average molecular weight is 177 g/mol. The van der Waals surface area contributed by atoms with Crippen molar-refractivity contribution in [3.63, 3.8) is 0 Å². The molecule has 0 atom stereocenters. The van der Waals surface area contributed by atoms with E-state index < -0.39 is 0 Å². The zero-order valence-corrected chi connectivity index (χ0v) is 8.69. The second-order valence-electron chi connectivity index (χ2n) is 3.66. The fraction of sp³-hybridized carbons (Fsp3) is 0.500. The Kier molecular flexibility index (Phi) is 3.10. The second kappa shape index (κ2) is 3.93. The fourth-order valence-electron chi connectivity index (χ4n) is 1.99. The normalized spacial score (nSPS) is 10.9. The lowest BCUT2D eigenvalue weighted by atomic mass is 10.0. The maximum atomic E-state index is 2.38. The summed E-state index contributed by atoms with van der Waals surface area (Å²) < 4.78 is 0. The molecule has 72 valence electrons. The van der Waals surface area contributed by atoms with E-state index in [2.05, 4.69) is 26.0 Å². The molecule has 2 aliphatic carbocycles. The van der Waals surface area contributed by atoms with Crippen LogP contribution in [0, 0.1) is 0 Å². The lowest BCUT2D eigenvalue weighted by Crippen LogP contribution is -1.88. The zero-order valence-electron chi connectivity index (χ0n) is 8.69. The van der Waals surface area contributed by atoms with Crippen LogP contribution in [0.15, 0.2) is 12.1 Å². The highest BCUT2D eigenvalue weighted by Gasteiger charge is 2.20. The summed E-state index contributed by atoms with van der Waals surface area (Å²) in [4.78, 5) is 0. The van der Waals surface area contributed by atoms with E-state index in [1.807, 2.05) is 0 Å². The zero-order chi connectivity index (χ0) is 8.55. The highest BCUT2D eigenvalue weighted by atomic mass is 14.2. The molecule has 0 bridgehead atoms. The molecule has 0 heterocycles. The van der Waals surface area contributed by atoms with E-state index >= 15 is 0 Å². The van der Waals surface area contributed by atoms with Crippen LogP contribution in [0.1, 0.15) is 37.8 Å². The first-order valence-corrected chi connectivity index (χ1v) is 5.03. The topological polar surface area (TPSA) is 35.0 Å². The summed E-state index contributed by atoms with van der Waals surface area (Å²) in [6.45, 7) is 4.52. The molecule has 0 unspecified atom stereocenters. The molecule has 0 saturated carbocycles. The molecule has 3 N–H and O–H groups in total. The third-order valence-corrected chi connectivity index (χ3v) is 2.59. The monoisotopic (exact) mass is 177 g/mol. The van der Waals surface area contributed by atoms with Gasteiger partial charge in [-0.25, -0.2) is 0 Å². The van der Waals surface area contributed by atoms with E-state index in [0.717, 1.165) is 0 Å². The highest BCUT2D eigenvalue weighted by Crippen LogP contribution is 2.42. The van der Waals surface area contributed by atoms with Gasteiger partial charge in [0.2, 0.25) is 0 Å². The van der Waals surface area contributed by atoms with E-state index in [9.17, 15) is 0 Å². The molecule has 0 amide bonds. The van der Waals surface area contributed by atoms with Crippen LogP contribution in [0.25, 0.3) is 11.1 Å². The van der Waals surface area contributed by atoms with Crippen LogP contribution < -0.4 is 6.15 Å². The summed E-state index contributed by atoms with van der Waals surface area (Å²) in [5.41, 5.74) is 6.35. The Morgan fingerprint density at radius 1 is 1.00 bits per heavy atom. The molecule has 13 heavy (non-hydrogen) atoms. The van der Waals surface area contributed by atoms with E-state index in [1.54, 1.807) is 16.7 Å². The van der Waals surface area contributed by atoms with E-state index in [0.29, 0.717) is 0 Å². The van der Waals surface area contributed by atoms with Crippen LogP contribution >= 0.6 is 0 Å². The van der Waals surface area contributed by atoms with Gasteiger partial charge in [-0.15, -0.1) is 0 Å². The molecule has 1 heteroatoms. The lowest BCUT2D eigenvalue weighted by molar-refractivity contribution is 0.871. The van der Waals surface area contributed by atoms with Gasteiger partial charge in [-0.2, -0.15) is 0 Å². The standard InChI is InChI=1S/C12H16.H3N/c1-3-5-9-7-10-8-12(10)11(9)6-4-2;/h7-8H,3-6H2,1-2H3;1H3. The largest absolute Gasteiger partial charge is 0.344 e. The van der Waals surface area contributed by atoms with Crippen molar-refractivity contribution in [3.8, 4) is 11.1 Å². The van der Waals surface area contributed by atoms with Crippen LogP contribution in [0.3, 0.4) is 0 Å². The lowest BCUT2D eigenvalue weighted by Gasteiger charge is -2.01. The molecule has 0 fully saturated rings. The number of hydrogen-bond acceptors (Lipinski definition) is 1. The minimum absolute atomic E-state index is 0. The van der Waals surface area contributed by atoms with Crippen molar-refractivity contribution < 1.29 is 0 Å². The molecule has 1 nitrogen and oxygen atoms in total. The first kappa shape index (κ1) is 10.3. The predicted octanol–water partition coefficient (Wildman–Crippen LogP) is 3.73. The van der Waals surface area contributed by atoms with Gasteiger partial charge in [0.1, 0.15) is 0 Å². The summed E-state index contributed by atoms with van der Waals surface area (Å²) in [7, 11) is 0. The maximum Gasteiger partial charge on any atom is -0.0143 e. The molecule has 0 aromatic heterocycles. The Bertz CT molecular complexity index is 302. The molecule has 0 aromatic carbocycles. The van der Waals surface area contributed by atoms with Crippen LogP contribution in [0.4, 0.5) is 0 Å². The van der Waals surface area contributed by atoms with Gasteiger partial charge in [-0.05, 0) is 41.2 Å². The van der Waals surface area contributed by atoms with E-state index in [1.165, 1.54) is 31.2 Å². The van der Waals surface area contributed by atoms with Gasteiger partial charge in [-0.3, -0.25) is 0 Å². The van der Waals surface area contributed by atoms with Gasteiger partial charge >= 0.3 is 0 Å². The van der Waals surface area contributed by atoms with Crippen molar-refractivity contribution >= 4 is 0 Å². The van der Waals surface area contributed by atoms with Crippen molar-refractivity contribution in [2.24, 2.45) is 0 Å². The average Bonchev–Trinajstić information content (AvgIpc) is 2.73. The maximum absolute atomic E-state index is 2.38. The van der Waals surface area contributed by atoms with E-state index in [4.69, 9.17) is 0 Å². The van der Waals surface area contributed by atoms with Gasteiger partial charge in [-0.1, -0.05) is 32.8 Å². The summed E-state index contributed by atoms with van der Waals surface area (Å²) in [5, 5.41) is 0. The van der Waals surface area contributed by atoms with Gasteiger partial charge < -0.3 is 6.15 Å². The van der Waals surface area contributed by atoms with Gasteiger partial charge in [0.15, 0.2) is 0 Å². The number of fused-ring (bicyclic) bond motifs is 1. The van der Waals surface area contributed by atoms with Crippen molar-refractivity contribution in [1.82, 2.24) is 6.15 Å². The van der Waals surface area contributed by atoms with Crippen molar-refractivity contribution in [2.45, 2.75) is 39.5 Å². The number of benzene rings is 1. The first-order chi connectivity index (χ1) is 5.86. The van der Waals surface area contributed by atoms with Crippen LogP contribution in [0.2, 0.25) is 0 Å². The number of hydrogen-bond donors (Lipinski definition) is 1. The first-order valence-electron chi connectivity index (χ1n) is 5.03.